The van der Waals surface area contributed by atoms with Crippen LogP contribution in [0.1, 0.15) is 18.2 Å². The standard InChI is InChI=1S/C15H15Cl2N3O2S/c1-3-10-8(2)18-15(20-14(10)22)23-7-13(21)19-12-5-4-9(16)6-11(12)17/h4-6H,3,7H2,1-2H3,(H,19,21)(H,18,20,22). The Hall–Kier alpha value is -1.50. The summed E-state index contributed by atoms with van der Waals surface area (Å²) in [5.74, 6) is -0.147. The number of rotatable bonds is 5. The highest BCUT2D eigenvalue weighted by Gasteiger charge is 2.10. The van der Waals surface area contributed by atoms with E-state index in [1.54, 1.807) is 25.1 Å². The third kappa shape index (κ3) is 4.73. The van der Waals surface area contributed by atoms with Crippen LogP contribution in [-0.2, 0) is 11.2 Å². The number of hydrogen-bond acceptors (Lipinski definition) is 4. The van der Waals surface area contributed by atoms with E-state index < -0.39 is 0 Å². The molecular weight excluding hydrogens is 357 g/mol. The van der Waals surface area contributed by atoms with Crippen molar-refractivity contribution < 1.29 is 4.79 Å². The van der Waals surface area contributed by atoms with Gasteiger partial charge < -0.3 is 10.3 Å². The number of aryl methyl sites for hydroxylation is 1. The summed E-state index contributed by atoms with van der Waals surface area (Å²) < 4.78 is 0. The first-order valence-electron chi connectivity index (χ1n) is 6.88. The second-order valence-electron chi connectivity index (χ2n) is 4.75. The molecule has 5 nitrogen and oxygen atoms in total. The number of carbonyl (C=O) groups is 1. The monoisotopic (exact) mass is 371 g/mol. The van der Waals surface area contributed by atoms with Gasteiger partial charge in [-0.1, -0.05) is 41.9 Å². The molecule has 1 aromatic carbocycles. The van der Waals surface area contributed by atoms with Crippen molar-refractivity contribution in [2.24, 2.45) is 0 Å². The summed E-state index contributed by atoms with van der Waals surface area (Å²) in [7, 11) is 0. The van der Waals surface area contributed by atoms with E-state index in [1.807, 2.05) is 6.92 Å². The van der Waals surface area contributed by atoms with E-state index in [1.165, 1.54) is 0 Å². The van der Waals surface area contributed by atoms with Gasteiger partial charge in [-0.15, -0.1) is 0 Å². The average Bonchev–Trinajstić information content (AvgIpc) is 2.48. The molecule has 1 heterocycles. The highest BCUT2D eigenvalue weighted by Crippen LogP contribution is 2.25. The topological polar surface area (TPSA) is 74.8 Å². The zero-order chi connectivity index (χ0) is 17.0. The van der Waals surface area contributed by atoms with Crippen molar-refractivity contribution >= 4 is 46.6 Å². The Morgan fingerprint density at radius 2 is 2.13 bits per heavy atom. The van der Waals surface area contributed by atoms with Gasteiger partial charge in [0.1, 0.15) is 0 Å². The fourth-order valence-electron chi connectivity index (χ4n) is 1.98. The zero-order valence-corrected chi connectivity index (χ0v) is 14.9. The molecule has 0 aliphatic carbocycles. The van der Waals surface area contributed by atoms with Crippen molar-refractivity contribution in [3.63, 3.8) is 0 Å². The van der Waals surface area contributed by atoms with Crippen LogP contribution >= 0.6 is 35.0 Å². The van der Waals surface area contributed by atoms with Crippen LogP contribution in [-0.4, -0.2) is 21.6 Å². The van der Waals surface area contributed by atoms with Gasteiger partial charge in [-0.3, -0.25) is 9.59 Å². The maximum Gasteiger partial charge on any atom is 0.254 e. The molecule has 0 aliphatic heterocycles. The molecule has 0 fully saturated rings. The smallest absolute Gasteiger partial charge is 0.254 e. The summed E-state index contributed by atoms with van der Waals surface area (Å²) in [6.45, 7) is 3.68. The molecular formula is C15H15Cl2N3O2S. The van der Waals surface area contributed by atoms with Gasteiger partial charge in [-0.2, -0.15) is 0 Å². The number of benzene rings is 1. The molecule has 1 amide bonds. The largest absolute Gasteiger partial charge is 0.324 e. The van der Waals surface area contributed by atoms with E-state index in [4.69, 9.17) is 23.2 Å². The summed E-state index contributed by atoms with van der Waals surface area (Å²) in [5, 5.41) is 3.97. The maximum atomic E-state index is 12.0. The van der Waals surface area contributed by atoms with Crippen LogP contribution in [0.4, 0.5) is 5.69 Å². The molecule has 0 atom stereocenters. The van der Waals surface area contributed by atoms with Gasteiger partial charge in [0.05, 0.1) is 16.5 Å². The van der Waals surface area contributed by atoms with E-state index in [0.29, 0.717) is 38.6 Å². The molecule has 0 spiro atoms. The fourth-order valence-corrected chi connectivity index (χ4v) is 3.14. The Kier molecular flexibility index (Phi) is 6.10. The summed E-state index contributed by atoms with van der Waals surface area (Å²) in [5.41, 5.74) is 1.66. The van der Waals surface area contributed by atoms with Crippen LogP contribution in [0.25, 0.3) is 0 Å². The van der Waals surface area contributed by atoms with Gasteiger partial charge in [-0.05, 0) is 31.5 Å². The molecule has 1 aromatic heterocycles. The number of thioether (sulfide) groups is 1. The molecule has 0 saturated heterocycles. The van der Waals surface area contributed by atoms with Crippen molar-refractivity contribution in [2.45, 2.75) is 25.4 Å². The zero-order valence-electron chi connectivity index (χ0n) is 12.6. The summed E-state index contributed by atoms with van der Waals surface area (Å²) >= 11 is 13.0. The predicted octanol–water partition coefficient (Wildman–Crippen LogP) is 3.68. The summed E-state index contributed by atoms with van der Waals surface area (Å²) in [6.07, 6.45) is 0.620. The second-order valence-corrected chi connectivity index (χ2v) is 6.56. The van der Waals surface area contributed by atoms with Crippen LogP contribution < -0.4 is 10.9 Å². The maximum absolute atomic E-state index is 12.0. The quantitative estimate of drug-likeness (QED) is 0.620. The predicted molar refractivity (Wildman–Crippen MR) is 94.8 cm³/mol. The lowest BCUT2D eigenvalue weighted by Gasteiger charge is -2.08. The van der Waals surface area contributed by atoms with Crippen LogP contribution in [0.15, 0.2) is 28.2 Å². The normalized spacial score (nSPS) is 10.6. The van der Waals surface area contributed by atoms with Crippen molar-refractivity contribution in [1.82, 2.24) is 9.97 Å². The number of nitrogens with zero attached hydrogens (tertiary/aromatic N) is 1. The van der Waals surface area contributed by atoms with Crippen molar-refractivity contribution in [3.05, 3.63) is 49.9 Å². The molecule has 8 heteroatoms. The Balaban J connectivity index is 2.01. The third-order valence-electron chi connectivity index (χ3n) is 3.10. The third-order valence-corrected chi connectivity index (χ3v) is 4.52. The van der Waals surface area contributed by atoms with Crippen LogP contribution in [0.2, 0.25) is 10.0 Å². The number of anilines is 1. The van der Waals surface area contributed by atoms with Gasteiger partial charge in [0.25, 0.3) is 5.56 Å². The minimum absolute atomic E-state index is 0.104. The Morgan fingerprint density at radius 3 is 2.74 bits per heavy atom. The lowest BCUT2D eigenvalue weighted by molar-refractivity contribution is -0.113. The average molecular weight is 372 g/mol. The van der Waals surface area contributed by atoms with E-state index in [-0.39, 0.29) is 17.2 Å². The molecule has 23 heavy (non-hydrogen) atoms. The number of carbonyl (C=O) groups excluding carboxylic acids is 1. The Morgan fingerprint density at radius 1 is 1.39 bits per heavy atom. The van der Waals surface area contributed by atoms with Crippen molar-refractivity contribution in [2.75, 3.05) is 11.1 Å². The molecule has 0 unspecified atom stereocenters. The first-order valence-corrected chi connectivity index (χ1v) is 8.62. The fraction of sp³-hybridized carbons (Fsp3) is 0.267. The van der Waals surface area contributed by atoms with Crippen LogP contribution in [0, 0.1) is 6.92 Å². The summed E-state index contributed by atoms with van der Waals surface area (Å²) in [4.78, 5) is 30.8. The SMILES string of the molecule is CCc1c(C)nc(SCC(=O)Nc2ccc(Cl)cc2Cl)[nH]c1=O. The number of hydrogen-bond donors (Lipinski definition) is 2. The number of halogens is 2. The van der Waals surface area contributed by atoms with Crippen LogP contribution in [0.5, 0.6) is 0 Å². The Labute approximate surface area is 147 Å². The van der Waals surface area contributed by atoms with Gasteiger partial charge in [0.2, 0.25) is 5.91 Å². The second kappa shape index (κ2) is 7.86. The number of amides is 1. The lowest BCUT2D eigenvalue weighted by Crippen LogP contribution is -2.18. The molecule has 122 valence electrons. The van der Waals surface area contributed by atoms with E-state index >= 15 is 0 Å². The lowest BCUT2D eigenvalue weighted by atomic mass is 10.2. The molecule has 2 rings (SSSR count). The molecule has 0 bridgehead atoms. The molecule has 2 N–H and O–H groups in total. The number of aromatic amines is 1. The highest BCUT2D eigenvalue weighted by atomic mass is 35.5. The Bertz CT molecular complexity index is 793. The minimum Gasteiger partial charge on any atom is -0.324 e. The van der Waals surface area contributed by atoms with Gasteiger partial charge in [0.15, 0.2) is 5.16 Å². The van der Waals surface area contributed by atoms with E-state index in [9.17, 15) is 9.59 Å². The van der Waals surface area contributed by atoms with Crippen LogP contribution in [0.3, 0.4) is 0 Å². The first kappa shape index (κ1) is 17.8. The number of nitrogens with one attached hydrogen (secondary N) is 2. The van der Waals surface area contributed by atoms with Gasteiger partial charge in [-0.25, -0.2) is 4.98 Å². The van der Waals surface area contributed by atoms with Gasteiger partial charge in [0, 0.05) is 16.3 Å². The van der Waals surface area contributed by atoms with Gasteiger partial charge >= 0.3 is 0 Å². The van der Waals surface area contributed by atoms with E-state index in [0.717, 1.165) is 11.8 Å². The summed E-state index contributed by atoms with van der Waals surface area (Å²) in [6, 6.07) is 4.83. The minimum atomic E-state index is -0.251. The molecule has 0 radical (unpaired) electrons. The highest BCUT2D eigenvalue weighted by molar-refractivity contribution is 7.99. The molecule has 0 saturated carbocycles. The number of aromatic nitrogens is 2. The molecule has 0 aliphatic rings. The van der Waals surface area contributed by atoms with Crippen molar-refractivity contribution in [3.8, 4) is 0 Å². The first-order chi connectivity index (χ1) is 10.9. The number of H-pyrrole nitrogens is 1. The molecule has 2 aromatic rings. The van der Waals surface area contributed by atoms with Crippen molar-refractivity contribution in [1.29, 1.82) is 0 Å². The van der Waals surface area contributed by atoms with E-state index in [2.05, 4.69) is 15.3 Å².